The molecule has 164 valence electrons. The highest BCUT2D eigenvalue weighted by atomic mass is 127. The van der Waals surface area contributed by atoms with Crippen LogP contribution in [0.15, 0.2) is 41.5 Å². The van der Waals surface area contributed by atoms with E-state index >= 15 is 0 Å². The molecule has 0 radical (unpaired) electrons. The number of hydrogen-bond donors (Lipinski definition) is 2. The van der Waals surface area contributed by atoms with Crippen LogP contribution in [0, 0.1) is 11.7 Å². The van der Waals surface area contributed by atoms with E-state index in [0.717, 1.165) is 16.9 Å². The lowest BCUT2D eigenvalue weighted by molar-refractivity contribution is 0.285. The van der Waals surface area contributed by atoms with E-state index < -0.39 is 0 Å². The molecule has 1 fully saturated rings. The fraction of sp³-hybridized carbons (Fsp3) is 0.455. The van der Waals surface area contributed by atoms with E-state index in [2.05, 4.69) is 20.6 Å². The molecule has 1 atom stereocenters. The molecule has 1 heterocycles. The molecule has 3 rings (SSSR count). The number of pyridine rings is 1. The van der Waals surface area contributed by atoms with Crippen molar-refractivity contribution >= 4 is 35.8 Å². The van der Waals surface area contributed by atoms with Crippen LogP contribution in [-0.2, 0) is 6.54 Å². The first-order valence-electron chi connectivity index (χ1n) is 9.98. The number of nitrogens with one attached hydrogen (secondary N) is 2. The van der Waals surface area contributed by atoms with Gasteiger partial charge in [0.1, 0.15) is 5.82 Å². The van der Waals surface area contributed by atoms with Crippen LogP contribution in [0.5, 0.6) is 5.75 Å². The zero-order chi connectivity index (χ0) is 20.8. The van der Waals surface area contributed by atoms with E-state index in [9.17, 15) is 4.39 Å². The number of guanidine groups is 1. The first-order valence-corrected chi connectivity index (χ1v) is 9.98. The number of rotatable bonds is 8. The van der Waals surface area contributed by atoms with Crippen molar-refractivity contribution < 1.29 is 9.13 Å². The fourth-order valence-electron chi connectivity index (χ4n) is 3.03. The normalized spacial score (nSPS) is 14.5. The average Bonchev–Trinajstić information content (AvgIpc) is 3.54. The summed E-state index contributed by atoms with van der Waals surface area (Å²) in [6.07, 6.45) is 4.14. The average molecular weight is 527 g/mol. The third-order valence-electron chi connectivity index (χ3n) is 4.94. The van der Waals surface area contributed by atoms with E-state index in [-0.39, 0.29) is 35.8 Å². The highest BCUT2D eigenvalue weighted by Crippen LogP contribution is 2.30. The second-order valence-electron chi connectivity index (χ2n) is 7.62. The van der Waals surface area contributed by atoms with Crippen LogP contribution in [0.1, 0.15) is 36.9 Å². The van der Waals surface area contributed by atoms with Gasteiger partial charge in [0.15, 0.2) is 17.5 Å². The third-order valence-corrected chi connectivity index (χ3v) is 4.94. The summed E-state index contributed by atoms with van der Waals surface area (Å²) < 4.78 is 20.0. The molecule has 1 aliphatic carbocycles. The highest BCUT2D eigenvalue weighted by molar-refractivity contribution is 14.0. The maximum atomic E-state index is 14.4. The molecule has 0 saturated heterocycles. The van der Waals surface area contributed by atoms with Crippen LogP contribution in [0.2, 0.25) is 0 Å². The van der Waals surface area contributed by atoms with E-state index in [0.29, 0.717) is 30.8 Å². The number of halogens is 2. The van der Waals surface area contributed by atoms with Crippen LogP contribution in [0.3, 0.4) is 0 Å². The van der Waals surface area contributed by atoms with E-state index in [4.69, 9.17) is 4.74 Å². The van der Waals surface area contributed by atoms with Gasteiger partial charge >= 0.3 is 0 Å². The molecule has 1 aromatic carbocycles. The summed E-state index contributed by atoms with van der Waals surface area (Å²) in [5, 5.41) is 6.61. The van der Waals surface area contributed by atoms with Gasteiger partial charge in [0.05, 0.1) is 12.6 Å². The maximum absolute atomic E-state index is 14.4. The van der Waals surface area contributed by atoms with Crippen molar-refractivity contribution in [3.63, 3.8) is 0 Å². The summed E-state index contributed by atoms with van der Waals surface area (Å²) in [5.74, 6) is 2.14. The van der Waals surface area contributed by atoms with Crippen molar-refractivity contribution in [3.05, 3.63) is 53.5 Å². The molecule has 0 amide bonds. The Bertz CT molecular complexity index is 857. The topological polar surface area (TPSA) is 61.8 Å². The third kappa shape index (κ3) is 6.72. The van der Waals surface area contributed by atoms with Gasteiger partial charge in [-0.3, -0.25) is 4.99 Å². The molecule has 8 heteroatoms. The molecule has 1 saturated carbocycles. The van der Waals surface area contributed by atoms with Crippen molar-refractivity contribution in [3.8, 4) is 5.75 Å². The lowest BCUT2D eigenvalue weighted by atomic mass is 10.1. The van der Waals surface area contributed by atoms with Crippen molar-refractivity contribution in [1.82, 2.24) is 15.6 Å². The minimum absolute atomic E-state index is 0. The smallest absolute Gasteiger partial charge is 0.191 e. The molecule has 0 spiro atoms. The minimum atomic E-state index is -0.328. The lowest BCUT2D eigenvalue weighted by Crippen LogP contribution is -2.38. The zero-order valence-corrected chi connectivity index (χ0v) is 20.3. The first-order chi connectivity index (χ1) is 14.0. The number of nitrogens with zero attached hydrogens (tertiary/aromatic N) is 3. The van der Waals surface area contributed by atoms with Gasteiger partial charge in [-0.05, 0) is 49.4 Å². The SMILES string of the molecule is CN=C(NCc1cccnc1N(C)C)NC(C)c1ccc(OCC2CC2)c(F)c1.I. The van der Waals surface area contributed by atoms with Crippen LogP contribution < -0.4 is 20.3 Å². The second kappa shape index (κ2) is 11.3. The summed E-state index contributed by atoms with van der Waals surface area (Å²) in [6.45, 7) is 3.15. The number of ether oxygens (including phenoxy) is 1. The molecule has 1 aliphatic rings. The van der Waals surface area contributed by atoms with Crippen molar-refractivity contribution in [2.24, 2.45) is 10.9 Å². The van der Waals surface area contributed by atoms with Gasteiger partial charge in [-0.2, -0.15) is 0 Å². The molecule has 30 heavy (non-hydrogen) atoms. The number of hydrogen-bond acceptors (Lipinski definition) is 4. The number of aliphatic imine (C=N–C) groups is 1. The molecular formula is C22H31FIN5O. The number of benzene rings is 1. The van der Waals surface area contributed by atoms with E-state index in [1.54, 1.807) is 19.3 Å². The van der Waals surface area contributed by atoms with E-state index in [1.165, 1.54) is 18.9 Å². The van der Waals surface area contributed by atoms with Gasteiger partial charge < -0.3 is 20.3 Å². The second-order valence-corrected chi connectivity index (χ2v) is 7.62. The Labute approximate surface area is 195 Å². The summed E-state index contributed by atoms with van der Waals surface area (Å²) in [5.41, 5.74) is 1.90. The summed E-state index contributed by atoms with van der Waals surface area (Å²) >= 11 is 0. The van der Waals surface area contributed by atoms with Gasteiger partial charge in [0.25, 0.3) is 0 Å². The van der Waals surface area contributed by atoms with Gasteiger partial charge in [0, 0.05) is 39.4 Å². The zero-order valence-electron chi connectivity index (χ0n) is 18.0. The molecule has 1 aromatic heterocycles. The lowest BCUT2D eigenvalue weighted by Gasteiger charge is -2.20. The molecule has 2 N–H and O–H groups in total. The van der Waals surface area contributed by atoms with Gasteiger partial charge in [-0.25, -0.2) is 9.37 Å². The summed E-state index contributed by atoms with van der Waals surface area (Å²) in [6, 6.07) is 8.95. The highest BCUT2D eigenvalue weighted by Gasteiger charge is 2.22. The van der Waals surface area contributed by atoms with Crippen LogP contribution in [0.4, 0.5) is 10.2 Å². The summed E-state index contributed by atoms with van der Waals surface area (Å²) in [4.78, 5) is 10.7. The maximum Gasteiger partial charge on any atom is 0.191 e. The largest absolute Gasteiger partial charge is 0.490 e. The minimum Gasteiger partial charge on any atom is -0.490 e. The fourth-order valence-corrected chi connectivity index (χ4v) is 3.03. The van der Waals surface area contributed by atoms with Crippen molar-refractivity contribution in [2.75, 3.05) is 32.6 Å². The molecule has 0 bridgehead atoms. The standard InChI is InChI=1S/C22H30FN5O.HI/c1-15(17-9-10-20(19(23)12-17)29-14-16-7-8-16)27-22(24-2)26-13-18-6-5-11-25-21(18)28(3)4;/h5-6,9-12,15-16H,7-8,13-14H2,1-4H3,(H2,24,26,27);1H. The molecule has 1 unspecified atom stereocenters. The Kier molecular flexibility index (Phi) is 9.13. The van der Waals surface area contributed by atoms with Crippen molar-refractivity contribution in [2.45, 2.75) is 32.4 Å². The molecule has 6 nitrogen and oxygen atoms in total. The predicted molar refractivity (Wildman–Crippen MR) is 130 cm³/mol. The molecule has 2 aromatic rings. The summed E-state index contributed by atoms with van der Waals surface area (Å²) in [7, 11) is 5.65. The Hall–Kier alpha value is -2.10. The van der Waals surface area contributed by atoms with Crippen LogP contribution in [-0.4, -0.2) is 38.7 Å². The monoisotopic (exact) mass is 527 g/mol. The van der Waals surface area contributed by atoms with Crippen LogP contribution >= 0.6 is 24.0 Å². The first kappa shape index (κ1) is 24.2. The van der Waals surface area contributed by atoms with Gasteiger partial charge in [0.2, 0.25) is 0 Å². The van der Waals surface area contributed by atoms with Gasteiger partial charge in [-0.1, -0.05) is 12.1 Å². The van der Waals surface area contributed by atoms with Crippen molar-refractivity contribution in [1.29, 1.82) is 0 Å². The Morgan fingerprint density at radius 3 is 2.73 bits per heavy atom. The Balaban J connectivity index is 0.00000320. The number of aromatic nitrogens is 1. The quantitative estimate of drug-likeness (QED) is 0.308. The molecular weight excluding hydrogens is 496 g/mol. The van der Waals surface area contributed by atoms with Crippen LogP contribution in [0.25, 0.3) is 0 Å². The Morgan fingerprint density at radius 1 is 1.33 bits per heavy atom. The molecule has 0 aliphatic heterocycles. The van der Waals surface area contributed by atoms with E-state index in [1.807, 2.05) is 44.1 Å². The number of anilines is 1. The predicted octanol–water partition coefficient (Wildman–Crippen LogP) is 4.12. The van der Waals surface area contributed by atoms with Gasteiger partial charge in [-0.15, -0.1) is 24.0 Å². The Morgan fingerprint density at radius 2 is 2.10 bits per heavy atom.